The largest absolute Gasteiger partial charge is 0.573 e. The summed E-state index contributed by atoms with van der Waals surface area (Å²) in [7, 11) is 0. The van der Waals surface area contributed by atoms with Gasteiger partial charge in [-0.3, -0.25) is 9.59 Å². The summed E-state index contributed by atoms with van der Waals surface area (Å²) in [6, 6.07) is 11.6. The van der Waals surface area contributed by atoms with Gasteiger partial charge < -0.3 is 19.7 Å². The van der Waals surface area contributed by atoms with E-state index in [0.717, 1.165) is 23.3 Å². The number of alkyl halides is 3. The van der Waals surface area contributed by atoms with E-state index in [1.165, 1.54) is 17.0 Å². The maximum absolute atomic E-state index is 12.7. The van der Waals surface area contributed by atoms with Gasteiger partial charge >= 0.3 is 6.36 Å². The first-order chi connectivity index (χ1) is 13.7. The van der Waals surface area contributed by atoms with Gasteiger partial charge in [-0.1, -0.05) is 35.9 Å². The van der Waals surface area contributed by atoms with E-state index in [-0.39, 0.29) is 31.4 Å². The normalized spacial score (nSPS) is 17.2. The van der Waals surface area contributed by atoms with E-state index in [2.05, 4.69) is 10.1 Å². The Bertz CT molecular complexity index is 884. The fourth-order valence-corrected chi connectivity index (χ4v) is 2.91. The van der Waals surface area contributed by atoms with Gasteiger partial charge in [-0.15, -0.1) is 13.2 Å². The number of rotatable bonds is 5. The number of ether oxygens (including phenoxy) is 2. The number of nitrogens with one attached hydrogen (secondary N) is 1. The maximum atomic E-state index is 12.7. The van der Waals surface area contributed by atoms with E-state index < -0.39 is 24.1 Å². The second-order valence-corrected chi connectivity index (χ2v) is 6.60. The highest BCUT2D eigenvalue weighted by Crippen LogP contribution is 2.25. The number of carbonyl (C=O) groups is 2. The Morgan fingerprint density at radius 3 is 2.66 bits per heavy atom. The fraction of sp³-hybridized carbons (Fsp3) is 0.300. The fourth-order valence-electron chi connectivity index (χ4n) is 2.91. The van der Waals surface area contributed by atoms with Crippen LogP contribution in [0.3, 0.4) is 0 Å². The molecule has 1 atom stereocenters. The molecule has 0 saturated carbocycles. The number of aryl methyl sites for hydroxylation is 1. The molecule has 9 heteroatoms. The van der Waals surface area contributed by atoms with Gasteiger partial charge in [0.1, 0.15) is 18.4 Å². The third kappa shape index (κ3) is 5.71. The van der Waals surface area contributed by atoms with Crippen molar-refractivity contribution in [2.24, 2.45) is 0 Å². The van der Waals surface area contributed by atoms with Gasteiger partial charge in [0.2, 0.25) is 11.8 Å². The van der Waals surface area contributed by atoms with Crippen molar-refractivity contribution in [1.82, 2.24) is 4.90 Å². The van der Waals surface area contributed by atoms with Crippen LogP contribution in [0, 0.1) is 6.92 Å². The summed E-state index contributed by atoms with van der Waals surface area (Å²) in [5.41, 5.74) is 2.03. The van der Waals surface area contributed by atoms with Crippen molar-refractivity contribution in [1.29, 1.82) is 0 Å². The van der Waals surface area contributed by atoms with Gasteiger partial charge in [-0.05, 0) is 24.6 Å². The third-order valence-electron chi connectivity index (χ3n) is 4.31. The zero-order chi connectivity index (χ0) is 21.0. The van der Waals surface area contributed by atoms with Crippen LogP contribution in [-0.2, 0) is 20.9 Å². The Hall–Kier alpha value is -3.07. The first-order valence-corrected chi connectivity index (χ1v) is 8.81. The molecule has 2 aromatic rings. The number of amides is 2. The van der Waals surface area contributed by atoms with Crippen LogP contribution in [0.5, 0.6) is 5.75 Å². The molecule has 1 fully saturated rings. The van der Waals surface area contributed by atoms with E-state index >= 15 is 0 Å². The molecule has 1 aliphatic heterocycles. The topological polar surface area (TPSA) is 67.9 Å². The number of benzene rings is 2. The van der Waals surface area contributed by atoms with Crippen LogP contribution in [0.15, 0.2) is 48.5 Å². The summed E-state index contributed by atoms with van der Waals surface area (Å²) >= 11 is 0. The number of nitrogens with zero attached hydrogens (tertiary/aromatic N) is 1. The molecular weight excluding hydrogens is 389 g/mol. The number of morpholine rings is 1. The summed E-state index contributed by atoms with van der Waals surface area (Å²) in [6.07, 6.45) is -4.84. The summed E-state index contributed by atoms with van der Waals surface area (Å²) in [5, 5.41) is 2.52. The number of hydrogen-bond donors (Lipinski definition) is 1. The summed E-state index contributed by atoms with van der Waals surface area (Å²) in [4.78, 5) is 26.4. The van der Waals surface area contributed by atoms with Crippen LogP contribution < -0.4 is 10.1 Å². The van der Waals surface area contributed by atoms with E-state index in [1.807, 2.05) is 31.2 Å². The summed E-state index contributed by atoms with van der Waals surface area (Å²) < 4.78 is 46.2. The number of carbonyl (C=O) groups excluding carboxylic acids is 2. The standard InChI is InChI=1S/C20H19F3N2O4/c1-13-5-7-14(8-6-13)10-25-17(11-28-12-18(25)26)19(27)24-15-3-2-4-16(9-15)29-20(21,22)23/h2-9,17H,10-12H2,1H3,(H,24,27)/t17-/m0/s1. The Morgan fingerprint density at radius 2 is 1.97 bits per heavy atom. The Morgan fingerprint density at radius 1 is 1.24 bits per heavy atom. The zero-order valence-corrected chi connectivity index (χ0v) is 15.5. The quantitative estimate of drug-likeness (QED) is 0.825. The summed E-state index contributed by atoms with van der Waals surface area (Å²) in [5.74, 6) is -1.36. The van der Waals surface area contributed by atoms with Crippen molar-refractivity contribution in [3.05, 3.63) is 59.7 Å². The third-order valence-corrected chi connectivity index (χ3v) is 4.31. The summed E-state index contributed by atoms with van der Waals surface area (Å²) in [6.45, 7) is 2.01. The lowest BCUT2D eigenvalue weighted by Gasteiger charge is -2.34. The van der Waals surface area contributed by atoms with Crippen molar-refractivity contribution >= 4 is 17.5 Å². The van der Waals surface area contributed by atoms with Crippen LogP contribution in [0.25, 0.3) is 0 Å². The SMILES string of the molecule is Cc1ccc(CN2C(=O)COC[C@H]2C(=O)Nc2cccc(OC(F)(F)F)c2)cc1. The van der Waals surface area contributed by atoms with Gasteiger partial charge in [-0.25, -0.2) is 0 Å². The Labute approximate surface area is 165 Å². The molecular formula is C20H19F3N2O4. The average Bonchev–Trinajstić information content (AvgIpc) is 2.64. The highest BCUT2D eigenvalue weighted by molar-refractivity contribution is 5.98. The molecule has 2 aromatic carbocycles. The molecule has 1 aliphatic rings. The van der Waals surface area contributed by atoms with Gasteiger partial charge in [-0.2, -0.15) is 0 Å². The van der Waals surface area contributed by atoms with Gasteiger partial charge in [0, 0.05) is 18.3 Å². The minimum absolute atomic E-state index is 0.0117. The smallest absolute Gasteiger partial charge is 0.406 e. The number of halogens is 3. The predicted molar refractivity (Wildman–Crippen MR) is 98.1 cm³/mol. The molecule has 3 rings (SSSR count). The van der Waals surface area contributed by atoms with E-state index in [1.54, 1.807) is 0 Å². The molecule has 1 N–H and O–H groups in total. The molecule has 1 saturated heterocycles. The van der Waals surface area contributed by atoms with Crippen molar-refractivity contribution in [2.45, 2.75) is 25.9 Å². The van der Waals surface area contributed by atoms with Crippen LogP contribution >= 0.6 is 0 Å². The lowest BCUT2D eigenvalue weighted by Crippen LogP contribution is -2.54. The highest BCUT2D eigenvalue weighted by Gasteiger charge is 2.34. The van der Waals surface area contributed by atoms with Crippen molar-refractivity contribution < 1.29 is 32.2 Å². The monoisotopic (exact) mass is 408 g/mol. The molecule has 0 radical (unpaired) electrons. The average molecular weight is 408 g/mol. The second-order valence-electron chi connectivity index (χ2n) is 6.60. The zero-order valence-electron chi connectivity index (χ0n) is 15.5. The minimum atomic E-state index is -4.84. The van der Waals surface area contributed by atoms with E-state index in [4.69, 9.17) is 4.74 Å². The van der Waals surface area contributed by atoms with Crippen molar-refractivity contribution in [2.75, 3.05) is 18.5 Å². The van der Waals surface area contributed by atoms with Gasteiger partial charge in [0.15, 0.2) is 0 Å². The predicted octanol–water partition coefficient (Wildman–Crippen LogP) is 3.26. The van der Waals surface area contributed by atoms with Crippen molar-refractivity contribution in [3.63, 3.8) is 0 Å². The molecule has 2 amide bonds. The maximum Gasteiger partial charge on any atom is 0.573 e. The molecule has 0 unspecified atom stereocenters. The first-order valence-electron chi connectivity index (χ1n) is 8.81. The van der Waals surface area contributed by atoms with Gasteiger partial charge in [0.05, 0.1) is 6.61 Å². The van der Waals surface area contributed by atoms with Crippen LogP contribution in [0.2, 0.25) is 0 Å². The van der Waals surface area contributed by atoms with E-state index in [0.29, 0.717) is 0 Å². The second kappa shape index (κ2) is 8.52. The van der Waals surface area contributed by atoms with E-state index in [9.17, 15) is 22.8 Å². The molecule has 1 heterocycles. The first kappa shape index (κ1) is 20.7. The lowest BCUT2D eigenvalue weighted by molar-refractivity contribution is -0.274. The molecule has 0 bridgehead atoms. The number of hydrogen-bond acceptors (Lipinski definition) is 4. The molecule has 154 valence electrons. The number of anilines is 1. The Balaban J connectivity index is 1.73. The van der Waals surface area contributed by atoms with Gasteiger partial charge in [0.25, 0.3) is 0 Å². The lowest BCUT2D eigenvalue weighted by atomic mass is 10.1. The highest BCUT2D eigenvalue weighted by atomic mass is 19.4. The molecule has 0 spiro atoms. The Kier molecular flexibility index (Phi) is 6.07. The molecule has 0 aliphatic carbocycles. The molecule has 29 heavy (non-hydrogen) atoms. The van der Waals surface area contributed by atoms with Crippen LogP contribution in [-0.4, -0.2) is 42.3 Å². The van der Waals surface area contributed by atoms with Crippen molar-refractivity contribution in [3.8, 4) is 5.75 Å². The van der Waals surface area contributed by atoms with Crippen LogP contribution in [0.4, 0.5) is 18.9 Å². The molecule has 6 nitrogen and oxygen atoms in total. The molecule has 0 aromatic heterocycles. The van der Waals surface area contributed by atoms with Crippen LogP contribution in [0.1, 0.15) is 11.1 Å². The minimum Gasteiger partial charge on any atom is -0.406 e.